The van der Waals surface area contributed by atoms with Crippen LogP contribution in [0.1, 0.15) is 33.4 Å². The van der Waals surface area contributed by atoms with E-state index in [9.17, 15) is 9.18 Å². The number of carbonyl (C=O) groups excluding carboxylic acids is 1. The first kappa shape index (κ1) is 16.7. The predicted molar refractivity (Wildman–Crippen MR) is 99.9 cm³/mol. The minimum absolute atomic E-state index is 0.00153. The number of halogens is 1. The first-order valence-electron chi connectivity index (χ1n) is 8.32. The number of nitrogens with one attached hydrogen (secondary N) is 1. The average Bonchev–Trinajstić information content (AvgIpc) is 3.29. The Bertz CT molecular complexity index is 869. The lowest BCUT2D eigenvalue weighted by atomic mass is 9.90. The van der Waals surface area contributed by atoms with Gasteiger partial charge in [0.15, 0.2) is 0 Å². The van der Waals surface area contributed by atoms with Gasteiger partial charge in [0.25, 0.3) is 5.91 Å². The number of ether oxygens (including phenoxy) is 1. The molecule has 0 spiro atoms. The smallest absolute Gasteiger partial charge is 0.261 e. The van der Waals surface area contributed by atoms with Crippen LogP contribution in [0.4, 0.5) is 4.39 Å². The summed E-state index contributed by atoms with van der Waals surface area (Å²) in [5.74, 6) is 0.00518. The molecule has 1 fully saturated rings. The van der Waals surface area contributed by atoms with Crippen molar-refractivity contribution in [3.8, 4) is 0 Å². The van der Waals surface area contributed by atoms with Gasteiger partial charge >= 0.3 is 0 Å². The van der Waals surface area contributed by atoms with Gasteiger partial charge in [0.1, 0.15) is 5.82 Å². The van der Waals surface area contributed by atoms with Crippen molar-refractivity contribution in [2.24, 2.45) is 5.92 Å². The fourth-order valence-electron chi connectivity index (χ4n) is 3.28. The van der Waals surface area contributed by atoms with Crippen LogP contribution in [-0.4, -0.2) is 19.1 Å². The van der Waals surface area contributed by atoms with Gasteiger partial charge < -0.3 is 10.1 Å². The number of amides is 1. The molecule has 3 nitrogen and oxygen atoms in total. The Morgan fingerprint density at radius 3 is 2.84 bits per heavy atom. The molecule has 0 unspecified atom stereocenters. The maximum absolute atomic E-state index is 13.4. The van der Waals surface area contributed by atoms with Crippen molar-refractivity contribution < 1.29 is 13.9 Å². The van der Waals surface area contributed by atoms with Crippen molar-refractivity contribution in [2.45, 2.75) is 18.9 Å². The lowest BCUT2D eigenvalue weighted by Gasteiger charge is -2.30. The second-order valence-corrected chi connectivity index (χ2v) is 8.27. The monoisotopic (exact) mass is 375 g/mol. The Hall–Kier alpha value is -1.76. The summed E-state index contributed by atoms with van der Waals surface area (Å²) in [6, 6.07) is 10.5. The van der Waals surface area contributed by atoms with E-state index in [1.54, 1.807) is 23.5 Å². The Morgan fingerprint density at radius 2 is 2.08 bits per heavy atom. The Labute approximate surface area is 153 Å². The summed E-state index contributed by atoms with van der Waals surface area (Å²) in [6.07, 6.45) is 1.89. The Morgan fingerprint density at radius 1 is 1.24 bits per heavy atom. The zero-order valence-corrected chi connectivity index (χ0v) is 15.2. The average molecular weight is 375 g/mol. The molecule has 0 bridgehead atoms. The molecule has 3 heterocycles. The van der Waals surface area contributed by atoms with Crippen molar-refractivity contribution in [3.63, 3.8) is 0 Å². The molecule has 0 saturated carbocycles. The molecule has 3 aromatic rings. The number of benzene rings is 1. The maximum Gasteiger partial charge on any atom is 0.261 e. The van der Waals surface area contributed by atoms with Gasteiger partial charge in [-0.2, -0.15) is 0 Å². The summed E-state index contributed by atoms with van der Waals surface area (Å²) in [6.45, 7) is 1.48. The largest absolute Gasteiger partial charge is 0.381 e. The van der Waals surface area contributed by atoms with E-state index in [0.29, 0.717) is 10.8 Å². The van der Waals surface area contributed by atoms with E-state index in [1.807, 2.05) is 11.4 Å². The molecule has 0 radical (unpaired) electrons. The number of hydrogen-bond acceptors (Lipinski definition) is 4. The zero-order chi connectivity index (χ0) is 17.2. The normalized spacial score (nSPS) is 16.8. The molecule has 1 aliphatic rings. The van der Waals surface area contributed by atoms with Gasteiger partial charge in [-0.25, -0.2) is 4.39 Å². The van der Waals surface area contributed by atoms with Crippen molar-refractivity contribution in [3.05, 3.63) is 57.3 Å². The van der Waals surface area contributed by atoms with Crippen molar-refractivity contribution in [1.29, 1.82) is 0 Å². The third kappa shape index (κ3) is 3.61. The molecule has 25 heavy (non-hydrogen) atoms. The summed E-state index contributed by atoms with van der Waals surface area (Å²) >= 11 is 3.07. The molecule has 1 N–H and O–H groups in total. The van der Waals surface area contributed by atoms with Crippen LogP contribution < -0.4 is 5.32 Å². The van der Waals surface area contributed by atoms with E-state index in [1.165, 1.54) is 28.3 Å². The van der Waals surface area contributed by atoms with Crippen LogP contribution in [0.3, 0.4) is 0 Å². The summed E-state index contributed by atoms with van der Waals surface area (Å²) in [5.41, 5.74) is 0. The number of rotatable bonds is 4. The molecule has 1 aromatic carbocycles. The van der Waals surface area contributed by atoms with E-state index in [-0.39, 0.29) is 17.8 Å². The van der Waals surface area contributed by atoms with Crippen molar-refractivity contribution in [2.75, 3.05) is 13.2 Å². The SMILES string of the molecule is O=C(N[C@H](c1cccs1)C1CCOCC1)c1cc2cc(F)ccc2s1. The van der Waals surface area contributed by atoms with Crippen LogP contribution in [0.15, 0.2) is 41.8 Å². The van der Waals surface area contributed by atoms with Crippen LogP contribution >= 0.6 is 22.7 Å². The van der Waals surface area contributed by atoms with Crippen LogP contribution in [0, 0.1) is 11.7 Å². The fourth-order valence-corrected chi connectivity index (χ4v) is 5.09. The molecule has 1 saturated heterocycles. The van der Waals surface area contributed by atoms with E-state index in [4.69, 9.17) is 4.74 Å². The maximum atomic E-state index is 13.4. The highest BCUT2D eigenvalue weighted by Gasteiger charge is 2.28. The van der Waals surface area contributed by atoms with Crippen LogP contribution in [0.2, 0.25) is 0 Å². The quantitative estimate of drug-likeness (QED) is 0.697. The second-order valence-electron chi connectivity index (χ2n) is 6.21. The van der Waals surface area contributed by atoms with Gasteiger partial charge in [-0.15, -0.1) is 22.7 Å². The van der Waals surface area contributed by atoms with Gasteiger partial charge in [0.05, 0.1) is 10.9 Å². The van der Waals surface area contributed by atoms with Gasteiger partial charge in [0.2, 0.25) is 0 Å². The number of thiophene rings is 2. The highest BCUT2D eigenvalue weighted by atomic mass is 32.1. The second kappa shape index (κ2) is 7.23. The summed E-state index contributed by atoms with van der Waals surface area (Å²) in [7, 11) is 0. The Kier molecular flexibility index (Phi) is 4.83. The minimum Gasteiger partial charge on any atom is -0.381 e. The summed E-state index contributed by atoms with van der Waals surface area (Å²) in [4.78, 5) is 14.6. The third-order valence-electron chi connectivity index (χ3n) is 4.58. The molecule has 0 aliphatic carbocycles. The molecule has 4 rings (SSSR count). The standard InChI is InChI=1S/C19H18FNO2S2/c20-14-3-4-15-13(10-14)11-17(25-15)19(22)21-18(16-2-1-9-24-16)12-5-7-23-8-6-12/h1-4,9-12,18H,5-8H2,(H,21,22)/t18-/m0/s1. The summed E-state index contributed by atoms with van der Waals surface area (Å²) in [5, 5.41) is 6.02. The molecule has 1 atom stereocenters. The number of hydrogen-bond donors (Lipinski definition) is 1. The molecular weight excluding hydrogens is 357 g/mol. The molecule has 2 aromatic heterocycles. The predicted octanol–water partition coefficient (Wildman–Crippen LogP) is 5.00. The van der Waals surface area contributed by atoms with E-state index in [2.05, 4.69) is 11.4 Å². The number of carbonyl (C=O) groups is 1. The lowest BCUT2D eigenvalue weighted by molar-refractivity contribution is 0.0519. The molecule has 130 valence electrons. The highest BCUT2D eigenvalue weighted by Crippen LogP contribution is 2.34. The van der Waals surface area contributed by atoms with Crippen LogP contribution in [-0.2, 0) is 4.74 Å². The third-order valence-corrected chi connectivity index (χ3v) is 6.65. The minimum atomic E-state index is -0.282. The fraction of sp³-hybridized carbons (Fsp3) is 0.316. The summed E-state index contributed by atoms with van der Waals surface area (Å²) < 4.78 is 19.8. The van der Waals surface area contributed by atoms with E-state index >= 15 is 0 Å². The first-order chi connectivity index (χ1) is 12.2. The Balaban J connectivity index is 1.58. The van der Waals surface area contributed by atoms with E-state index in [0.717, 1.165) is 36.1 Å². The van der Waals surface area contributed by atoms with Gasteiger partial charge in [-0.05, 0) is 59.9 Å². The first-order valence-corrected chi connectivity index (χ1v) is 10.0. The van der Waals surface area contributed by atoms with E-state index < -0.39 is 0 Å². The molecule has 1 amide bonds. The number of fused-ring (bicyclic) bond motifs is 1. The van der Waals surface area contributed by atoms with Crippen LogP contribution in [0.5, 0.6) is 0 Å². The highest BCUT2D eigenvalue weighted by molar-refractivity contribution is 7.20. The molecule has 6 heteroatoms. The topological polar surface area (TPSA) is 38.3 Å². The zero-order valence-electron chi connectivity index (χ0n) is 13.5. The van der Waals surface area contributed by atoms with Gasteiger partial charge in [-0.1, -0.05) is 6.07 Å². The van der Waals surface area contributed by atoms with Crippen LogP contribution in [0.25, 0.3) is 10.1 Å². The van der Waals surface area contributed by atoms with Crippen molar-refractivity contribution >= 4 is 38.7 Å². The molecule has 1 aliphatic heterocycles. The van der Waals surface area contributed by atoms with Gasteiger partial charge in [0, 0.05) is 22.8 Å². The lowest BCUT2D eigenvalue weighted by Crippen LogP contribution is -2.35. The van der Waals surface area contributed by atoms with Gasteiger partial charge in [-0.3, -0.25) is 4.79 Å². The molecular formula is C19H18FNO2S2. The van der Waals surface area contributed by atoms with Crippen molar-refractivity contribution in [1.82, 2.24) is 5.32 Å².